The number of nitrogens with zero attached hydrogens (tertiary/aromatic N) is 2. The standard InChI is InChI=1S/C21H29N3O2/c1-15(25)23-10-7-17(8-11-23)24-9-3-4-18(24)12-16-14-22-21-6-5-19(26-2)13-20(16)21/h5-6,13-14,17-18,22H,3-4,7-12H2,1-2H3/t18-/m1/s1. The number of fused-ring (bicyclic) bond motifs is 1. The van der Waals surface area contributed by atoms with E-state index in [0.29, 0.717) is 12.1 Å². The van der Waals surface area contributed by atoms with Gasteiger partial charge in [0.15, 0.2) is 0 Å². The number of amides is 1. The Morgan fingerprint density at radius 1 is 1.23 bits per heavy atom. The summed E-state index contributed by atoms with van der Waals surface area (Å²) in [6.07, 6.45) is 8.02. The first-order chi connectivity index (χ1) is 12.7. The van der Waals surface area contributed by atoms with Gasteiger partial charge in [0, 0.05) is 49.2 Å². The first-order valence-electron chi connectivity index (χ1n) is 9.81. The topological polar surface area (TPSA) is 48.6 Å². The van der Waals surface area contributed by atoms with Crippen molar-refractivity contribution < 1.29 is 9.53 Å². The molecule has 1 aromatic carbocycles. The van der Waals surface area contributed by atoms with E-state index in [-0.39, 0.29) is 5.91 Å². The maximum atomic E-state index is 11.6. The van der Waals surface area contributed by atoms with Crippen LogP contribution in [0, 0.1) is 0 Å². The fourth-order valence-corrected chi connectivity index (χ4v) is 4.78. The minimum Gasteiger partial charge on any atom is -0.497 e. The van der Waals surface area contributed by atoms with Crippen molar-refractivity contribution in [1.29, 1.82) is 0 Å². The van der Waals surface area contributed by atoms with E-state index < -0.39 is 0 Å². The van der Waals surface area contributed by atoms with Gasteiger partial charge in [-0.15, -0.1) is 0 Å². The van der Waals surface area contributed by atoms with Crippen molar-refractivity contribution in [3.63, 3.8) is 0 Å². The first kappa shape index (κ1) is 17.4. The lowest BCUT2D eigenvalue weighted by molar-refractivity contribution is -0.130. The molecule has 5 heteroatoms. The van der Waals surface area contributed by atoms with Crippen LogP contribution in [0.4, 0.5) is 0 Å². The van der Waals surface area contributed by atoms with Crippen LogP contribution in [-0.2, 0) is 11.2 Å². The van der Waals surface area contributed by atoms with E-state index >= 15 is 0 Å². The van der Waals surface area contributed by atoms with Gasteiger partial charge in [0.2, 0.25) is 5.91 Å². The first-order valence-corrected chi connectivity index (χ1v) is 9.81. The molecule has 5 nitrogen and oxygen atoms in total. The molecule has 3 heterocycles. The molecule has 0 aliphatic carbocycles. The molecular weight excluding hydrogens is 326 g/mol. The predicted octanol–water partition coefficient (Wildman–Crippen LogP) is 3.19. The van der Waals surface area contributed by atoms with Crippen molar-refractivity contribution in [3.05, 3.63) is 30.0 Å². The number of aromatic amines is 1. The lowest BCUT2D eigenvalue weighted by Gasteiger charge is -2.39. The van der Waals surface area contributed by atoms with Gasteiger partial charge in [-0.05, 0) is 62.4 Å². The number of methoxy groups -OCH3 is 1. The van der Waals surface area contributed by atoms with Gasteiger partial charge in [-0.1, -0.05) is 0 Å². The minimum atomic E-state index is 0.217. The number of aromatic nitrogens is 1. The molecule has 2 saturated heterocycles. The maximum Gasteiger partial charge on any atom is 0.219 e. The zero-order valence-electron chi connectivity index (χ0n) is 15.8. The van der Waals surface area contributed by atoms with Gasteiger partial charge in [0.25, 0.3) is 0 Å². The second kappa shape index (κ2) is 7.31. The van der Waals surface area contributed by atoms with Crippen molar-refractivity contribution in [3.8, 4) is 5.75 Å². The summed E-state index contributed by atoms with van der Waals surface area (Å²) in [4.78, 5) is 19.7. The number of carbonyl (C=O) groups is 1. The molecule has 2 fully saturated rings. The van der Waals surface area contributed by atoms with E-state index in [9.17, 15) is 4.79 Å². The van der Waals surface area contributed by atoms with Gasteiger partial charge in [-0.25, -0.2) is 0 Å². The highest BCUT2D eigenvalue weighted by atomic mass is 16.5. The summed E-state index contributed by atoms with van der Waals surface area (Å²) >= 11 is 0. The SMILES string of the molecule is COc1ccc2[nH]cc(C[C@H]3CCCN3C3CCN(C(C)=O)CC3)c2c1. The number of H-pyrrole nitrogens is 1. The van der Waals surface area contributed by atoms with Gasteiger partial charge in [-0.3, -0.25) is 9.69 Å². The third kappa shape index (κ3) is 3.32. The number of likely N-dealkylation sites (tertiary alicyclic amines) is 2. The van der Waals surface area contributed by atoms with Crippen molar-refractivity contribution in [2.75, 3.05) is 26.7 Å². The molecule has 0 radical (unpaired) electrons. The van der Waals surface area contributed by atoms with Crippen molar-refractivity contribution in [2.24, 2.45) is 0 Å². The molecule has 0 spiro atoms. The number of nitrogens with one attached hydrogen (secondary N) is 1. The second-order valence-electron chi connectivity index (χ2n) is 7.70. The van der Waals surface area contributed by atoms with Crippen LogP contribution in [0.1, 0.15) is 38.2 Å². The van der Waals surface area contributed by atoms with E-state index in [4.69, 9.17) is 4.74 Å². The Labute approximate surface area is 155 Å². The molecule has 1 atom stereocenters. The van der Waals surface area contributed by atoms with Gasteiger partial charge in [-0.2, -0.15) is 0 Å². The number of carbonyl (C=O) groups excluding carboxylic acids is 1. The van der Waals surface area contributed by atoms with Crippen molar-refractivity contribution in [1.82, 2.24) is 14.8 Å². The number of hydrogen-bond acceptors (Lipinski definition) is 3. The number of piperidine rings is 1. The smallest absolute Gasteiger partial charge is 0.219 e. The molecule has 140 valence electrons. The van der Waals surface area contributed by atoms with Gasteiger partial charge in [0.1, 0.15) is 5.75 Å². The molecule has 2 aliphatic rings. The summed E-state index contributed by atoms with van der Waals surface area (Å²) in [6.45, 7) is 4.70. The molecule has 0 bridgehead atoms. The Balaban J connectivity index is 1.47. The van der Waals surface area contributed by atoms with E-state index in [2.05, 4.69) is 28.2 Å². The average molecular weight is 355 g/mol. The van der Waals surface area contributed by atoms with Crippen LogP contribution in [0.5, 0.6) is 5.75 Å². The van der Waals surface area contributed by atoms with E-state index in [1.54, 1.807) is 14.0 Å². The molecule has 26 heavy (non-hydrogen) atoms. The van der Waals surface area contributed by atoms with Crippen LogP contribution in [0.2, 0.25) is 0 Å². The summed E-state index contributed by atoms with van der Waals surface area (Å²) in [5.41, 5.74) is 2.57. The number of ether oxygens (including phenoxy) is 1. The quantitative estimate of drug-likeness (QED) is 0.916. The van der Waals surface area contributed by atoms with Gasteiger partial charge in [0.05, 0.1) is 7.11 Å². The highest BCUT2D eigenvalue weighted by molar-refractivity contribution is 5.84. The highest BCUT2D eigenvalue weighted by Gasteiger charge is 2.33. The molecule has 2 aliphatic heterocycles. The Morgan fingerprint density at radius 3 is 2.77 bits per heavy atom. The molecule has 4 rings (SSSR count). The van der Waals surface area contributed by atoms with Crippen molar-refractivity contribution in [2.45, 2.75) is 51.1 Å². The maximum absolute atomic E-state index is 11.6. The van der Waals surface area contributed by atoms with Gasteiger partial charge >= 0.3 is 0 Å². The molecule has 1 aromatic heterocycles. The fraction of sp³-hybridized carbons (Fsp3) is 0.571. The zero-order chi connectivity index (χ0) is 18.1. The van der Waals surface area contributed by atoms with E-state index in [1.807, 2.05) is 11.0 Å². The summed E-state index contributed by atoms with van der Waals surface area (Å²) in [7, 11) is 1.72. The summed E-state index contributed by atoms with van der Waals surface area (Å²) in [5, 5.41) is 1.28. The Bertz CT molecular complexity index is 777. The summed E-state index contributed by atoms with van der Waals surface area (Å²) in [6, 6.07) is 7.48. The molecule has 0 unspecified atom stereocenters. The van der Waals surface area contributed by atoms with Gasteiger partial charge < -0.3 is 14.6 Å². The molecule has 1 N–H and O–H groups in total. The number of hydrogen-bond donors (Lipinski definition) is 1. The van der Waals surface area contributed by atoms with Crippen LogP contribution in [0.15, 0.2) is 24.4 Å². The zero-order valence-corrected chi connectivity index (χ0v) is 15.8. The molecular formula is C21H29N3O2. The number of benzene rings is 1. The third-order valence-corrected chi connectivity index (χ3v) is 6.23. The lowest BCUT2D eigenvalue weighted by Crippen LogP contribution is -2.48. The monoisotopic (exact) mass is 355 g/mol. The van der Waals surface area contributed by atoms with Crippen LogP contribution >= 0.6 is 0 Å². The number of rotatable bonds is 4. The fourth-order valence-electron chi connectivity index (χ4n) is 4.78. The molecule has 0 saturated carbocycles. The van der Waals surface area contributed by atoms with Crippen LogP contribution in [-0.4, -0.2) is 59.5 Å². The molecule has 1 amide bonds. The normalized spacial score (nSPS) is 22.2. The largest absolute Gasteiger partial charge is 0.497 e. The van der Waals surface area contributed by atoms with E-state index in [1.165, 1.54) is 35.9 Å². The Kier molecular flexibility index (Phi) is 4.90. The van der Waals surface area contributed by atoms with Crippen molar-refractivity contribution >= 4 is 16.8 Å². The molecule has 2 aromatic rings. The predicted molar refractivity (Wildman–Crippen MR) is 104 cm³/mol. The Morgan fingerprint density at radius 2 is 2.04 bits per heavy atom. The Hall–Kier alpha value is -2.01. The summed E-state index contributed by atoms with van der Waals surface area (Å²) in [5.74, 6) is 1.13. The minimum absolute atomic E-state index is 0.217. The lowest BCUT2D eigenvalue weighted by atomic mass is 9.98. The van der Waals surface area contributed by atoms with E-state index in [0.717, 1.165) is 38.1 Å². The van der Waals surface area contributed by atoms with Crippen LogP contribution < -0.4 is 4.74 Å². The third-order valence-electron chi connectivity index (χ3n) is 6.23. The summed E-state index contributed by atoms with van der Waals surface area (Å²) < 4.78 is 5.41. The van der Waals surface area contributed by atoms with Crippen LogP contribution in [0.3, 0.4) is 0 Å². The highest BCUT2D eigenvalue weighted by Crippen LogP contribution is 2.31. The van der Waals surface area contributed by atoms with Crippen LogP contribution in [0.25, 0.3) is 10.9 Å². The average Bonchev–Trinajstić information content (AvgIpc) is 3.29. The second-order valence-corrected chi connectivity index (χ2v) is 7.70.